The minimum absolute atomic E-state index is 0.0266. The summed E-state index contributed by atoms with van der Waals surface area (Å²) in [6.07, 6.45) is 4.78. The Balaban J connectivity index is 1.66. The normalized spacial score (nSPS) is 18.8. The van der Waals surface area contributed by atoms with Crippen LogP contribution in [0.15, 0.2) is 24.3 Å². The van der Waals surface area contributed by atoms with Gasteiger partial charge in [-0.05, 0) is 50.0 Å². The average molecular weight is 302 g/mol. The zero-order valence-corrected chi connectivity index (χ0v) is 13.3. The van der Waals surface area contributed by atoms with E-state index in [0.717, 1.165) is 6.54 Å². The summed E-state index contributed by atoms with van der Waals surface area (Å²) in [6, 6.07) is 8.53. The fraction of sp³-hybridized carbons (Fsp3) is 0.611. The Kier molecular flexibility index (Phi) is 4.67. The van der Waals surface area contributed by atoms with Crippen molar-refractivity contribution in [1.82, 2.24) is 10.2 Å². The number of benzene rings is 1. The van der Waals surface area contributed by atoms with Crippen LogP contribution in [0.1, 0.15) is 42.9 Å². The maximum atomic E-state index is 12.6. The number of amides is 2. The number of hydrogen-bond acceptors (Lipinski definition) is 2. The summed E-state index contributed by atoms with van der Waals surface area (Å²) in [7, 11) is 0. The highest BCUT2D eigenvalue weighted by Gasteiger charge is 2.35. The minimum atomic E-state index is -0.0292. The standard InChI is InChI=1S/C18H26N2O2/c1-13-2-6-15(7-3-13)17(16-8-9-16)19-18(22)20(10-11-21)12-14-4-5-14/h2-3,6-7,14,16-17,21H,4-5,8-12H2,1H3,(H,19,22)/t17-/m0/s1. The van der Waals surface area contributed by atoms with Gasteiger partial charge in [-0.15, -0.1) is 0 Å². The second-order valence-electron chi connectivity index (χ2n) is 6.79. The van der Waals surface area contributed by atoms with Gasteiger partial charge in [-0.2, -0.15) is 0 Å². The summed E-state index contributed by atoms with van der Waals surface area (Å²) < 4.78 is 0. The van der Waals surface area contributed by atoms with Gasteiger partial charge in [0.05, 0.1) is 12.6 Å². The molecular formula is C18H26N2O2. The molecule has 0 radical (unpaired) electrons. The van der Waals surface area contributed by atoms with Crippen LogP contribution in [0.5, 0.6) is 0 Å². The highest BCUT2D eigenvalue weighted by atomic mass is 16.3. The molecule has 1 atom stereocenters. The average Bonchev–Trinajstić information content (AvgIpc) is 3.38. The maximum absolute atomic E-state index is 12.6. The third-order valence-electron chi connectivity index (χ3n) is 4.64. The van der Waals surface area contributed by atoms with Crippen LogP contribution in [0, 0.1) is 18.8 Å². The summed E-state index contributed by atoms with van der Waals surface area (Å²) in [5, 5.41) is 12.4. The summed E-state index contributed by atoms with van der Waals surface area (Å²) in [5.74, 6) is 1.19. The third kappa shape index (κ3) is 4.01. The van der Waals surface area contributed by atoms with Crippen molar-refractivity contribution in [2.75, 3.05) is 19.7 Å². The Morgan fingerprint density at radius 2 is 1.95 bits per heavy atom. The molecule has 4 nitrogen and oxygen atoms in total. The number of urea groups is 1. The summed E-state index contributed by atoms with van der Waals surface area (Å²) in [6.45, 7) is 3.30. The van der Waals surface area contributed by atoms with Crippen LogP contribution in [0.2, 0.25) is 0 Å². The van der Waals surface area contributed by atoms with Gasteiger partial charge in [-0.3, -0.25) is 0 Å². The number of aliphatic hydroxyl groups excluding tert-OH is 1. The number of rotatable bonds is 7. The van der Waals surface area contributed by atoms with Gasteiger partial charge in [0.15, 0.2) is 0 Å². The van der Waals surface area contributed by atoms with Gasteiger partial charge in [0.2, 0.25) is 0 Å². The Hall–Kier alpha value is -1.55. The van der Waals surface area contributed by atoms with Crippen LogP contribution >= 0.6 is 0 Å². The largest absolute Gasteiger partial charge is 0.395 e. The second-order valence-corrected chi connectivity index (χ2v) is 6.79. The van der Waals surface area contributed by atoms with Crippen molar-refractivity contribution >= 4 is 6.03 Å². The van der Waals surface area contributed by atoms with Crippen LogP contribution in [0.3, 0.4) is 0 Å². The van der Waals surface area contributed by atoms with E-state index < -0.39 is 0 Å². The van der Waals surface area contributed by atoms with E-state index in [-0.39, 0.29) is 18.7 Å². The molecule has 2 aliphatic carbocycles. The third-order valence-corrected chi connectivity index (χ3v) is 4.64. The van der Waals surface area contributed by atoms with E-state index in [2.05, 4.69) is 36.5 Å². The van der Waals surface area contributed by atoms with Crippen molar-refractivity contribution in [3.05, 3.63) is 35.4 Å². The quantitative estimate of drug-likeness (QED) is 0.814. The molecule has 4 heteroatoms. The lowest BCUT2D eigenvalue weighted by Gasteiger charge is -2.26. The molecule has 2 fully saturated rings. The molecule has 1 aromatic carbocycles. The number of nitrogens with one attached hydrogen (secondary N) is 1. The van der Waals surface area contributed by atoms with Crippen LogP contribution in [-0.2, 0) is 0 Å². The van der Waals surface area contributed by atoms with Crippen LogP contribution in [0.4, 0.5) is 4.79 Å². The molecule has 1 aromatic rings. The van der Waals surface area contributed by atoms with E-state index in [0.29, 0.717) is 18.4 Å². The molecule has 2 aliphatic rings. The molecule has 0 unspecified atom stereocenters. The zero-order chi connectivity index (χ0) is 15.5. The number of carbonyl (C=O) groups excluding carboxylic acids is 1. The summed E-state index contributed by atoms with van der Waals surface area (Å²) in [4.78, 5) is 14.4. The monoisotopic (exact) mass is 302 g/mol. The van der Waals surface area contributed by atoms with Gasteiger partial charge in [0, 0.05) is 13.1 Å². The molecule has 0 bridgehead atoms. The van der Waals surface area contributed by atoms with Gasteiger partial charge >= 0.3 is 6.03 Å². The van der Waals surface area contributed by atoms with Crippen LogP contribution in [-0.4, -0.2) is 35.7 Å². The van der Waals surface area contributed by atoms with Gasteiger partial charge in [0.25, 0.3) is 0 Å². The van der Waals surface area contributed by atoms with Gasteiger partial charge in [-0.25, -0.2) is 4.79 Å². The first-order valence-corrected chi connectivity index (χ1v) is 8.40. The molecule has 2 N–H and O–H groups in total. The van der Waals surface area contributed by atoms with Gasteiger partial charge < -0.3 is 15.3 Å². The first-order chi connectivity index (χ1) is 10.7. The molecule has 2 saturated carbocycles. The van der Waals surface area contributed by atoms with E-state index >= 15 is 0 Å². The predicted octanol–water partition coefficient (Wildman–Crippen LogP) is 2.86. The zero-order valence-electron chi connectivity index (χ0n) is 13.3. The topological polar surface area (TPSA) is 52.6 Å². The number of hydrogen-bond donors (Lipinski definition) is 2. The maximum Gasteiger partial charge on any atom is 0.317 e. The van der Waals surface area contributed by atoms with E-state index in [4.69, 9.17) is 0 Å². The van der Waals surface area contributed by atoms with Crippen molar-refractivity contribution in [1.29, 1.82) is 0 Å². The molecule has 0 heterocycles. The highest BCUT2D eigenvalue weighted by molar-refractivity contribution is 5.75. The SMILES string of the molecule is Cc1ccc([C@H](NC(=O)N(CCO)CC2CC2)C2CC2)cc1. The lowest BCUT2D eigenvalue weighted by atomic mass is 10.0. The van der Waals surface area contributed by atoms with Crippen molar-refractivity contribution in [2.45, 2.75) is 38.6 Å². The number of aryl methyl sites for hydroxylation is 1. The minimum Gasteiger partial charge on any atom is -0.395 e. The predicted molar refractivity (Wildman–Crippen MR) is 86.6 cm³/mol. The fourth-order valence-electron chi connectivity index (χ4n) is 2.91. The number of nitrogens with zero attached hydrogens (tertiary/aromatic N) is 1. The molecule has 120 valence electrons. The molecule has 0 saturated heterocycles. The summed E-state index contributed by atoms with van der Waals surface area (Å²) in [5.41, 5.74) is 2.43. The molecule has 22 heavy (non-hydrogen) atoms. The fourth-order valence-corrected chi connectivity index (χ4v) is 2.91. The smallest absolute Gasteiger partial charge is 0.317 e. The van der Waals surface area contributed by atoms with E-state index in [1.54, 1.807) is 4.90 Å². The molecular weight excluding hydrogens is 276 g/mol. The lowest BCUT2D eigenvalue weighted by Crippen LogP contribution is -2.44. The highest BCUT2D eigenvalue weighted by Crippen LogP contribution is 2.41. The van der Waals surface area contributed by atoms with Crippen molar-refractivity contribution in [2.24, 2.45) is 11.8 Å². The molecule has 0 spiro atoms. The van der Waals surface area contributed by atoms with E-state index in [1.165, 1.54) is 36.8 Å². The molecule has 0 aromatic heterocycles. The first-order valence-electron chi connectivity index (χ1n) is 8.40. The van der Waals surface area contributed by atoms with Crippen molar-refractivity contribution in [3.8, 4) is 0 Å². The van der Waals surface area contributed by atoms with Crippen LogP contribution < -0.4 is 5.32 Å². The van der Waals surface area contributed by atoms with E-state index in [1.807, 2.05) is 0 Å². The lowest BCUT2D eigenvalue weighted by molar-refractivity contribution is 0.170. The van der Waals surface area contributed by atoms with E-state index in [9.17, 15) is 9.90 Å². The molecule has 2 amide bonds. The number of carbonyl (C=O) groups is 1. The van der Waals surface area contributed by atoms with Crippen molar-refractivity contribution in [3.63, 3.8) is 0 Å². The van der Waals surface area contributed by atoms with Crippen molar-refractivity contribution < 1.29 is 9.90 Å². The van der Waals surface area contributed by atoms with Crippen LogP contribution in [0.25, 0.3) is 0 Å². The second kappa shape index (κ2) is 6.69. The molecule has 3 rings (SSSR count). The molecule has 0 aliphatic heterocycles. The number of aliphatic hydroxyl groups is 1. The van der Waals surface area contributed by atoms with Gasteiger partial charge in [-0.1, -0.05) is 29.8 Å². The summed E-state index contributed by atoms with van der Waals surface area (Å²) >= 11 is 0. The Morgan fingerprint density at radius 1 is 1.27 bits per heavy atom. The van der Waals surface area contributed by atoms with Gasteiger partial charge in [0.1, 0.15) is 0 Å². The Morgan fingerprint density at radius 3 is 2.50 bits per heavy atom. The first kappa shape index (κ1) is 15.3. The Labute approximate surface area is 132 Å². The Bertz CT molecular complexity index is 506.